The maximum atomic E-state index is 12.7. The van der Waals surface area contributed by atoms with Gasteiger partial charge in [0.25, 0.3) is 0 Å². The van der Waals surface area contributed by atoms with E-state index < -0.39 is 9.84 Å². The third-order valence-electron chi connectivity index (χ3n) is 4.11. The molecule has 2 aromatic rings. The lowest BCUT2D eigenvalue weighted by molar-refractivity contribution is 0.313. The van der Waals surface area contributed by atoms with E-state index in [9.17, 15) is 8.42 Å². The van der Waals surface area contributed by atoms with Crippen molar-refractivity contribution in [3.05, 3.63) is 30.5 Å². The van der Waals surface area contributed by atoms with E-state index >= 15 is 0 Å². The Morgan fingerprint density at radius 2 is 1.67 bits per heavy atom. The fourth-order valence-corrected chi connectivity index (χ4v) is 3.89. The summed E-state index contributed by atoms with van der Waals surface area (Å²) in [6, 6.07) is 6.79. The van der Waals surface area contributed by atoms with Crippen molar-refractivity contribution in [2.45, 2.75) is 9.79 Å². The predicted octanol–water partition coefficient (Wildman–Crippen LogP) is 0.226. The largest absolute Gasteiger partial charge is 0.382 e. The van der Waals surface area contributed by atoms with E-state index in [1.807, 2.05) is 12.1 Å². The second-order valence-corrected chi connectivity index (χ2v) is 7.68. The fourth-order valence-electron chi connectivity index (χ4n) is 2.63. The Labute approximate surface area is 141 Å². The molecule has 9 heteroatoms. The van der Waals surface area contributed by atoms with Crippen LogP contribution in [-0.2, 0) is 9.84 Å². The number of nitrogens with zero attached hydrogens (tertiary/aromatic N) is 4. The molecular formula is C15H20N6O2S. The minimum Gasteiger partial charge on any atom is -0.382 e. The Hall–Kier alpha value is -2.39. The highest BCUT2D eigenvalue weighted by atomic mass is 32.2. The molecule has 0 saturated carbocycles. The highest BCUT2D eigenvalue weighted by Gasteiger charge is 2.23. The van der Waals surface area contributed by atoms with E-state index in [4.69, 9.17) is 11.5 Å². The van der Waals surface area contributed by atoms with Gasteiger partial charge in [-0.25, -0.2) is 13.4 Å². The molecule has 3 rings (SSSR count). The summed E-state index contributed by atoms with van der Waals surface area (Å²) in [5.41, 5.74) is 12.1. The molecule has 0 radical (unpaired) electrons. The molecule has 0 amide bonds. The topological polar surface area (TPSA) is 118 Å². The maximum Gasteiger partial charge on any atom is 0.221 e. The van der Waals surface area contributed by atoms with Crippen molar-refractivity contribution in [2.24, 2.45) is 0 Å². The first-order chi connectivity index (χ1) is 11.4. The number of rotatable bonds is 3. The molecule has 0 bridgehead atoms. The molecule has 1 aromatic heterocycles. The van der Waals surface area contributed by atoms with Crippen molar-refractivity contribution in [1.29, 1.82) is 0 Å². The van der Waals surface area contributed by atoms with Crippen LogP contribution >= 0.6 is 0 Å². The van der Waals surface area contributed by atoms with E-state index in [0.29, 0.717) is 0 Å². The molecule has 0 atom stereocenters. The van der Waals surface area contributed by atoms with Crippen molar-refractivity contribution in [3.8, 4) is 0 Å². The van der Waals surface area contributed by atoms with Crippen molar-refractivity contribution < 1.29 is 8.42 Å². The zero-order valence-corrected chi connectivity index (χ0v) is 14.2. The summed E-state index contributed by atoms with van der Waals surface area (Å²) in [6.07, 6.45) is 1.14. The van der Waals surface area contributed by atoms with Gasteiger partial charge in [0, 0.05) is 31.9 Å². The SMILES string of the molecule is CN1CCN(c2ccc(S(=O)(=O)c3cnc(N)nc3N)cc2)CC1. The van der Waals surface area contributed by atoms with E-state index in [1.54, 1.807) is 12.1 Å². The second kappa shape index (κ2) is 6.25. The number of anilines is 3. The van der Waals surface area contributed by atoms with Crippen LogP contribution in [-0.4, -0.2) is 56.5 Å². The van der Waals surface area contributed by atoms with Gasteiger partial charge < -0.3 is 21.3 Å². The molecule has 0 unspecified atom stereocenters. The third-order valence-corrected chi connectivity index (χ3v) is 5.89. The first-order valence-corrected chi connectivity index (χ1v) is 9.03. The van der Waals surface area contributed by atoms with Crippen LogP contribution in [0.3, 0.4) is 0 Å². The highest BCUT2D eigenvalue weighted by molar-refractivity contribution is 7.91. The number of hydrogen-bond donors (Lipinski definition) is 2. The minimum atomic E-state index is -3.77. The molecular weight excluding hydrogens is 328 g/mol. The molecule has 1 aromatic carbocycles. The summed E-state index contributed by atoms with van der Waals surface area (Å²) in [5, 5.41) is 0. The minimum absolute atomic E-state index is 0.0585. The quantitative estimate of drug-likeness (QED) is 0.809. The zero-order valence-electron chi connectivity index (χ0n) is 13.4. The summed E-state index contributed by atoms with van der Waals surface area (Å²) in [7, 11) is -1.69. The number of nitrogens with two attached hydrogens (primary N) is 2. The summed E-state index contributed by atoms with van der Waals surface area (Å²) in [5.74, 6) is -0.206. The van der Waals surface area contributed by atoms with Gasteiger partial charge in [-0.05, 0) is 31.3 Å². The Bertz CT molecular complexity index is 830. The molecule has 1 aliphatic heterocycles. The van der Waals surface area contributed by atoms with Crippen molar-refractivity contribution in [2.75, 3.05) is 49.6 Å². The van der Waals surface area contributed by atoms with Crippen LogP contribution in [0.5, 0.6) is 0 Å². The molecule has 1 aliphatic rings. The van der Waals surface area contributed by atoms with Gasteiger partial charge in [-0.3, -0.25) is 0 Å². The van der Waals surface area contributed by atoms with Crippen LogP contribution in [0.1, 0.15) is 0 Å². The molecule has 1 saturated heterocycles. The average molecular weight is 348 g/mol. The standard InChI is InChI=1S/C15H20N6O2S/c1-20-6-8-21(9-7-20)11-2-4-12(5-3-11)24(22,23)13-10-18-15(17)19-14(13)16/h2-5,10H,6-9H2,1H3,(H4,16,17,18,19). The Kier molecular flexibility index (Phi) is 4.29. The third kappa shape index (κ3) is 3.13. The van der Waals surface area contributed by atoms with Gasteiger partial charge in [-0.2, -0.15) is 4.98 Å². The van der Waals surface area contributed by atoms with Crippen LogP contribution in [0.2, 0.25) is 0 Å². The van der Waals surface area contributed by atoms with Gasteiger partial charge in [-0.15, -0.1) is 0 Å². The number of likely N-dealkylation sites (N-methyl/N-ethyl adjacent to an activating group) is 1. The second-order valence-electron chi connectivity index (χ2n) is 5.77. The van der Waals surface area contributed by atoms with Gasteiger partial charge in [0.2, 0.25) is 15.8 Å². The molecule has 1 fully saturated rings. The van der Waals surface area contributed by atoms with E-state index in [-0.39, 0.29) is 21.6 Å². The summed E-state index contributed by atoms with van der Waals surface area (Å²) in [4.78, 5) is 12.0. The molecule has 0 aliphatic carbocycles. The number of nitrogen functional groups attached to an aromatic ring is 2. The number of hydrogen-bond acceptors (Lipinski definition) is 8. The Balaban J connectivity index is 1.87. The summed E-state index contributed by atoms with van der Waals surface area (Å²) < 4.78 is 25.4. The van der Waals surface area contributed by atoms with Gasteiger partial charge in [-0.1, -0.05) is 0 Å². The van der Waals surface area contributed by atoms with Crippen molar-refractivity contribution >= 4 is 27.3 Å². The van der Waals surface area contributed by atoms with Gasteiger partial charge in [0.05, 0.1) is 11.1 Å². The predicted molar refractivity (Wildman–Crippen MR) is 92.5 cm³/mol. The Morgan fingerprint density at radius 1 is 1.04 bits per heavy atom. The number of aromatic nitrogens is 2. The number of benzene rings is 1. The van der Waals surface area contributed by atoms with E-state index in [2.05, 4.69) is 26.8 Å². The lowest BCUT2D eigenvalue weighted by Gasteiger charge is -2.34. The van der Waals surface area contributed by atoms with Crippen LogP contribution in [0, 0.1) is 0 Å². The van der Waals surface area contributed by atoms with Crippen LogP contribution in [0.25, 0.3) is 0 Å². The van der Waals surface area contributed by atoms with Crippen LogP contribution in [0.4, 0.5) is 17.5 Å². The normalized spacial score (nSPS) is 16.3. The maximum absolute atomic E-state index is 12.7. The number of sulfone groups is 1. The Morgan fingerprint density at radius 3 is 2.25 bits per heavy atom. The fraction of sp³-hybridized carbons (Fsp3) is 0.333. The molecule has 0 spiro atoms. The molecule has 128 valence electrons. The van der Waals surface area contributed by atoms with Gasteiger partial charge in [0.15, 0.2) is 0 Å². The van der Waals surface area contributed by atoms with Gasteiger partial charge >= 0.3 is 0 Å². The molecule has 2 heterocycles. The highest BCUT2D eigenvalue weighted by Crippen LogP contribution is 2.26. The summed E-state index contributed by atoms with van der Waals surface area (Å²) in [6.45, 7) is 3.81. The van der Waals surface area contributed by atoms with Crippen molar-refractivity contribution in [3.63, 3.8) is 0 Å². The lowest BCUT2D eigenvalue weighted by Crippen LogP contribution is -2.44. The van der Waals surface area contributed by atoms with Crippen LogP contribution in [0.15, 0.2) is 40.3 Å². The smallest absolute Gasteiger partial charge is 0.221 e. The summed E-state index contributed by atoms with van der Waals surface area (Å²) >= 11 is 0. The molecule has 4 N–H and O–H groups in total. The average Bonchev–Trinajstić information content (AvgIpc) is 2.55. The van der Waals surface area contributed by atoms with E-state index in [0.717, 1.165) is 38.1 Å². The molecule has 24 heavy (non-hydrogen) atoms. The monoisotopic (exact) mass is 348 g/mol. The van der Waals surface area contributed by atoms with E-state index in [1.165, 1.54) is 0 Å². The van der Waals surface area contributed by atoms with Gasteiger partial charge in [0.1, 0.15) is 10.7 Å². The van der Waals surface area contributed by atoms with Crippen LogP contribution < -0.4 is 16.4 Å². The molecule has 8 nitrogen and oxygen atoms in total. The first kappa shape index (κ1) is 16.5. The first-order valence-electron chi connectivity index (χ1n) is 7.54. The van der Waals surface area contributed by atoms with Crippen molar-refractivity contribution in [1.82, 2.24) is 14.9 Å². The lowest BCUT2D eigenvalue weighted by atomic mass is 10.2. The number of piperazine rings is 1. The zero-order chi connectivity index (χ0) is 17.3.